The lowest BCUT2D eigenvalue weighted by atomic mass is 10.1. The van der Waals surface area contributed by atoms with Gasteiger partial charge in [0, 0.05) is 13.0 Å². The van der Waals surface area contributed by atoms with E-state index < -0.39 is 6.29 Å². The van der Waals surface area contributed by atoms with Crippen LogP contribution in [-0.4, -0.2) is 12.9 Å². The van der Waals surface area contributed by atoms with Crippen LogP contribution in [0, 0.1) is 0 Å². The van der Waals surface area contributed by atoms with E-state index in [1.807, 2.05) is 6.92 Å². The van der Waals surface area contributed by atoms with Crippen molar-refractivity contribution in [2.24, 2.45) is 0 Å². The molecule has 1 radical (unpaired) electrons. The summed E-state index contributed by atoms with van der Waals surface area (Å²) in [5.41, 5.74) is 0. The monoisotopic (exact) mass is 173 g/mol. The second kappa shape index (κ2) is 9.01. The van der Waals surface area contributed by atoms with Gasteiger partial charge in [0.1, 0.15) is 0 Å². The maximum absolute atomic E-state index is 11.0. The molecule has 0 fully saturated rings. The smallest absolute Gasteiger partial charge is 0.191 e. The van der Waals surface area contributed by atoms with E-state index in [1.165, 1.54) is 19.3 Å². The molecule has 0 aliphatic rings. The van der Waals surface area contributed by atoms with Crippen LogP contribution in [0.4, 0.5) is 0 Å². The van der Waals surface area contributed by atoms with Gasteiger partial charge in [0.2, 0.25) is 0 Å². The summed E-state index contributed by atoms with van der Waals surface area (Å²) in [5.74, 6) is 0. The molecule has 0 N–H and O–H groups in total. The van der Waals surface area contributed by atoms with Crippen molar-refractivity contribution in [1.82, 2.24) is 0 Å². The third-order valence-electron chi connectivity index (χ3n) is 1.80. The Morgan fingerprint density at radius 2 is 1.83 bits per heavy atom. The van der Waals surface area contributed by atoms with Crippen LogP contribution >= 0.6 is 0 Å². The minimum atomic E-state index is -0.776. The van der Waals surface area contributed by atoms with Crippen molar-refractivity contribution in [2.45, 2.75) is 58.7 Å². The molecule has 0 bridgehead atoms. The normalized spacial score (nSPS) is 13.2. The van der Waals surface area contributed by atoms with Gasteiger partial charge in [-0.25, -0.2) is 5.11 Å². The maximum Gasteiger partial charge on any atom is 0.191 e. The van der Waals surface area contributed by atoms with E-state index in [4.69, 9.17) is 4.74 Å². The summed E-state index contributed by atoms with van der Waals surface area (Å²) in [7, 11) is 0. The third kappa shape index (κ3) is 8.02. The lowest BCUT2D eigenvalue weighted by Gasteiger charge is -2.08. The maximum atomic E-state index is 11.0. The van der Waals surface area contributed by atoms with Gasteiger partial charge in [-0.15, -0.1) is 0 Å². The van der Waals surface area contributed by atoms with E-state index >= 15 is 0 Å². The average Bonchev–Trinajstić information content (AvgIpc) is 2.09. The molecule has 12 heavy (non-hydrogen) atoms. The topological polar surface area (TPSA) is 29.1 Å². The molecule has 73 valence electrons. The highest BCUT2D eigenvalue weighted by molar-refractivity contribution is 4.45. The van der Waals surface area contributed by atoms with Gasteiger partial charge in [0.15, 0.2) is 6.29 Å². The van der Waals surface area contributed by atoms with E-state index in [0.29, 0.717) is 13.0 Å². The standard InChI is InChI=1S/C10H21O2/c1-3-5-6-7-8-10(11)12-9-4-2/h10H,3-9H2,1-2H3. The van der Waals surface area contributed by atoms with Crippen LogP contribution in [0.5, 0.6) is 0 Å². The summed E-state index contributed by atoms with van der Waals surface area (Å²) < 4.78 is 5.02. The van der Waals surface area contributed by atoms with Crippen molar-refractivity contribution in [3.63, 3.8) is 0 Å². The summed E-state index contributed by atoms with van der Waals surface area (Å²) in [5, 5.41) is 11.0. The largest absolute Gasteiger partial charge is 0.350 e. The first-order chi connectivity index (χ1) is 5.81. The molecule has 0 rings (SSSR count). The molecule has 0 amide bonds. The van der Waals surface area contributed by atoms with E-state index in [2.05, 4.69) is 6.92 Å². The summed E-state index contributed by atoms with van der Waals surface area (Å²) in [4.78, 5) is 0. The van der Waals surface area contributed by atoms with Gasteiger partial charge in [-0.1, -0.05) is 33.1 Å². The van der Waals surface area contributed by atoms with Gasteiger partial charge in [0.05, 0.1) is 0 Å². The van der Waals surface area contributed by atoms with Gasteiger partial charge in [-0.2, -0.15) is 0 Å². The Kier molecular flexibility index (Phi) is 8.95. The SMILES string of the molecule is CCCCCCC([O])OCCC. The number of rotatable bonds is 8. The van der Waals surface area contributed by atoms with E-state index in [0.717, 1.165) is 12.8 Å². The average molecular weight is 173 g/mol. The first kappa shape index (κ1) is 11.9. The number of hydrogen-bond donors (Lipinski definition) is 0. The molecule has 0 spiro atoms. The highest BCUT2D eigenvalue weighted by Gasteiger charge is 2.03. The van der Waals surface area contributed by atoms with Crippen molar-refractivity contribution in [2.75, 3.05) is 6.61 Å². The fraction of sp³-hybridized carbons (Fsp3) is 1.00. The first-order valence-corrected chi connectivity index (χ1v) is 5.08. The second-order valence-electron chi connectivity index (χ2n) is 3.15. The number of unbranched alkanes of at least 4 members (excludes halogenated alkanes) is 3. The molecule has 1 unspecified atom stereocenters. The van der Waals surface area contributed by atoms with Crippen LogP contribution in [0.25, 0.3) is 0 Å². The van der Waals surface area contributed by atoms with Crippen molar-refractivity contribution < 1.29 is 9.84 Å². The zero-order valence-electron chi connectivity index (χ0n) is 8.34. The summed E-state index contributed by atoms with van der Waals surface area (Å²) in [6.07, 6.45) is 5.49. The molecule has 0 aromatic carbocycles. The Bertz CT molecular complexity index is 83.9. The minimum Gasteiger partial charge on any atom is -0.350 e. The van der Waals surface area contributed by atoms with Crippen LogP contribution in [0.3, 0.4) is 0 Å². The minimum absolute atomic E-state index is 0.613. The summed E-state index contributed by atoms with van der Waals surface area (Å²) in [6, 6.07) is 0. The van der Waals surface area contributed by atoms with Crippen LogP contribution in [0.1, 0.15) is 52.4 Å². The molecule has 0 aromatic rings. The third-order valence-corrected chi connectivity index (χ3v) is 1.80. The predicted octanol–water partition coefficient (Wildman–Crippen LogP) is 3.14. The predicted molar refractivity (Wildman–Crippen MR) is 49.5 cm³/mol. The Morgan fingerprint density at radius 3 is 2.42 bits per heavy atom. The first-order valence-electron chi connectivity index (χ1n) is 5.08. The molecular formula is C10H21O2. The molecule has 0 aliphatic heterocycles. The van der Waals surface area contributed by atoms with Crippen LogP contribution in [0.2, 0.25) is 0 Å². The summed E-state index contributed by atoms with van der Waals surface area (Å²) >= 11 is 0. The molecule has 0 aliphatic carbocycles. The van der Waals surface area contributed by atoms with E-state index in [9.17, 15) is 5.11 Å². The van der Waals surface area contributed by atoms with Gasteiger partial charge in [0.25, 0.3) is 0 Å². The molecule has 0 saturated heterocycles. The van der Waals surface area contributed by atoms with Crippen LogP contribution in [-0.2, 0) is 9.84 Å². The number of hydrogen-bond acceptors (Lipinski definition) is 1. The molecule has 0 aromatic heterocycles. The fourth-order valence-corrected chi connectivity index (χ4v) is 1.07. The molecular weight excluding hydrogens is 152 g/mol. The van der Waals surface area contributed by atoms with Crippen molar-refractivity contribution in [1.29, 1.82) is 0 Å². The molecule has 0 saturated carbocycles. The highest BCUT2D eigenvalue weighted by Crippen LogP contribution is 2.06. The second-order valence-corrected chi connectivity index (χ2v) is 3.15. The lowest BCUT2D eigenvalue weighted by Crippen LogP contribution is -2.10. The van der Waals surface area contributed by atoms with Gasteiger partial charge in [-0.3, -0.25) is 0 Å². The van der Waals surface area contributed by atoms with Gasteiger partial charge in [-0.05, 0) is 12.8 Å². The zero-order valence-corrected chi connectivity index (χ0v) is 8.34. The van der Waals surface area contributed by atoms with Crippen molar-refractivity contribution in [3.8, 4) is 0 Å². The molecule has 2 heteroatoms. The summed E-state index contributed by atoms with van der Waals surface area (Å²) in [6.45, 7) is 4.80. The van der Waals surface area contributed by atoms with E-state index in [-0.39, 0.29) is 0 Å². The zero-order chi connectivity index (χ0) is 9.23. The molecule has 0 heterocycles. The fourth-order valence-electron chi connectivity index (χ4n) is 1.07. The Balaban J connectivity index is 3.02. The van der Waals surface area contributed by atoms with Crippen molar-refractivity contribution in [3.05, 3.63) is 0 Å². The Hall–Kier alpha value is -0.0800. The van der Waals surface area contributed by atoms with E-state index in [1.54, 1.807) is 0 Å². The molecule has 2 nitrogen and oxygen atoms in total. The Labute approximate surface area is 75.9 Å². The highest BCUT2D eigenvalue weighted by atomic mass is 16.6. The Morgan fingerprint density at radius 1 is 1.08 bits per heavy atom. The van der Waals surface area contributed by atoms with Crippen LogP contribution in [0.15, 0.2) is 0 Å². The molecule has 1 atom stereocenters. The quantitative estimate of drug-likeness (QED) is 0.409. The van der Waals surface area contributed by atoms with Gasteiger partial charge < -0.3 is 4.74 Å². The number of ether oxygens (including phenoxy) is 1. The van der Waals surface area contributed by atoms with Crippen LogP contribution < -0.4 is 0 Å². The van der Waals surface area contributed by atoms with Crippen molar-refractivity contribution >= 4 is 0 Å². The van der Waals surface area contributed by atoms with Gasteiger partial charge >= 0.3 is 0 Å². The lowest BCUT2D eigenvalue weighted by molar-refractivity contribution is -0.143.